The highest BCUT2D eigenvalue weighted by Gasteiger charge is 2.28. The van der Waals surface area contributed by atoms with E-state index < -0.39 is 0 Å². The van der Waals surface area contributed by atoms with Gasteiger partial charge in [-0.25, -0.2) is 0 Å². The molecule has 0 saturated heterocycles. The normalized spacial score (nSPS) is 26.9. The van der Waals surface area contributed by atoms with Gasteiger partial charge in [0.05, 0.1) is 0 Å². The highest BCUT2D eigenvalue weighted by molar-refractivity contribution is 5.25. The van der Waals surface area contributed by atoms with Crippen molar-refractivity contribution in [1.29, 1.82) is 0 Å². The minimum Gasteiger partial charge on any atom is -0.324 e. The van der Waals surface area contributed by atoms with Gasteiger partial charge in [0.15, 0.2) is 0 Å². The number of nitrogens with two attached hydrogens (primary N) is 1. The van der Waals surface area contributed by atoms with E-state index in [2.05, 4.69) is 38.1 Å². The van der Waals surface area contributed by atoms with Gasteiger partial charge in [-0.15, -0.1) is 0 Å². The second-order valence-corrected chi connectivity index (χ2v) is 5.29. The van der Waals surface area contributed by atoms with Crippen molar-refractivity contribution in [3.8, 4) is 0 Å². The van der Waals surface area contributed by atoms with E-state index in [1.165, 1.54) is 36.8 Å². The van der Waals surface area contributed by atoms with Crippen LogP contribution in [0.15, 0.2) is 24.3 Å². The van der Waals surface area contributed by atoms with Gasteiger partial charge in [0.25, 0.3) is 0 Å². The Balaban J connectivity index is 2.05. The Morgan fingerprint density at radius 2 is 2.19 bits per heavy atom. The largest absolute Gasteiger partial charge is 0.324 e. The molecule has 0 bridgehead atoms. The molecule has 1 heteroatoms. The van der Waals surface area contributed by atoms with E-state index >= 15 is 0 Å². The summed E-state index contributed by atoms with van der Waals surface area (Å²) in [6.45, 7) is 4.44. The van der Waals surface area contributed by atoms with Crippen LogP contribution in [0.2, 0.25) is 0 Å². The minimum absolute atomic E-state index is 0.247. The molecule has 1 aliphatic carbocycles. The van der Waals surface area contributed by atoms with Crippen LogP contribution in [-0.2, 0) is 0 Å². The first-order valence-electron chi connectivity index (χ1n) is 6.53. The third-order valence-corrected chi connectivity index (χ3v) is 4.09. The molecule has 0 radical (unpaired) electrons. The number of aryl methyl sites for hydroxylation is 1. The van der Waals surface area contributed by atoms with E-state index in [0.29, 0.717) is 5.92 Å². The van der Waals surface area contributed by atoms with Gasteiger partial charge >= 0.3 is 0 Å². The van der Waals surface area contributed by atoms with Gasteiger partial charge in [0.1, 0.15) is 0 Å². The van der Waals surface area contributed by atoms with Crippen molar-refractivity contribution in [2.24, 2.45) is 17.6 Å². The Morgan fingerprint density at radius 1 is 1.38 bits per heavy atom. The summed E-state index contributed by atoms with van der Waals surface area (Å²) in [5.41, 5.74) is 9.02. The van der Waals surface area contributed by atoms with Crippen molar-refractivity contribution in [2.45, 2.75) is 45.6 Å². The SMILES string of the molecule is CCC1CCC(C(N)c2cccc(C)c2)C1. The van der Waals surface area contributed by atoms with Crippen molar-refractivity contribution < 1.29 is 0 Å². The molecular formula is C15H23N. The molecule has 0 amide bonds. The molecule has 0 spiro atoms. The highest BCUT2D eigenvalue weighted by atomic mass is 14.7. The molecule has 0 aliphatic heterocycles. The zero-order valence-electron chi connectivity index (χ0n) is 10.4. The predicted molar refractivity (Wildman–Crippen MR) is 69.2 cm³/mol. The van der Waals surface area contributed by atoms with Gasteiger partial charge in [-0.1, -0.05) is 49.6 Å². The summed E-state index contributed by atoms with van der Waals surface area (Å²) in [6.07, 6.45) is 5.33. The molecule has 3 unspecified atom stereocenters. The van der Waals surface area contributed by atoms with Crippen LogP contribution in [-0.4, -0.2) is 0 Å². The van der Waals surface area contributed by atoms with E-state index in [9.17, 15) is 0 Å². The van der Waals surface area contributed by atoms with E-state index in [1.807, 2.05) is 0 Å². The molecule has 3 atom stereocenters. The number of benzene rings is 1. The van der Waals surface area contributed by atoms with Gasteiger partial charge in [-0.2, -0.15) is 0 Å². The molecule has 2 N–H and O–H groups in total. The van der Waals surface area contributed by atoms with Crippen molar-refractivity contribution in [3.05, 3.63) is 35.4 Å². The summed E-state index contributed by atoms with van der Waals surface area (Å²) in [7, 11) is 0. The zero-order valence-corrected chi connectivity index (χ0v) is 10.4. The lowest BCUT2D eigenvalue weighted by Crippen LogP contribution is -2.19. The van der Waals surface area contributed by atoms with Crippen LogP contribution in [0.5, 0.6) is 0 Å². The third kappa shape index (κ3) is 2.46. The minimum atomic E-state index is 0.247. The zero-order chi connectivity index (χ0) is 11.5. The fourth-order valence-corrected chi connectivity index (χ4v) is 2.96. The fourth-order valence-electron chi connectivity index (χ4n) is 2.96. The Morgan fingerprint density at radius 3 is 2.81 bits per heavy atom. The molecule has 0 aromatic heterocycles. The maximum absolute atomic E-state index is 6.39. The van der Waals surface area contributed by atoms with Crippen LogP contribution in [0.25, 0.3) is 0 Å². The molecule has 1 fully saturated rings. The first kappa shape index (κ1) is 11.7. The number of hydrogen-bond acceptors (Lipinski definition) is 1. The van der Waals surface area contributed by atoms with Crippen LogP contribution < -0.4 is 5.73 Å². The van der Waals surface area contributed by atoms with Gasteiger partial charge in [-0.05, 0) is 37.2 Å². The summed E-state index contributed by atoms with van der Waals surface area (Å²) in [5, 5.41) is 0. The maximum atomic E-state index is 6.39. The van der Waals surface area contributed by atoms with E-state index in [1.54, 1.807) is 0 Å². The molecule has 1 aromatic rings. The van der Waals surface area contributed by atoms with Gasteiger partial charge in [-0.3, -0.25) is 0 Å². The second kappa shape index (κ2) is 5.01. The lowest BCUT2D eigenvalue weighted by atomic mass is 9.90. The summed E-state index contributed by atoms with van der Waals surface area (Å²) < 4.78 is 0. The van der Waals surface area contributed by atoms with Crippen molar-refractivity contribution >= 4 is 0 Å². The van der Waals surface area contributed by atoms with Crippen molar-refractivity contribution in [1.82, 2.24) is 0 Å². The van der Waals surface area contributed by atoms with Crippen molar-refractivity contribution in [3.63, 3.8) is 0 Å². The first-order chi connectivity index (χ1) is 7.70. The van der Waals surface area contributed by atoms with E-state index in [4.69, 9.17) is 5.73 Å². The fraction of sp³-hybridized carbons (Fsp3) is 0.600. The molecule has 1 aliphatic rings. The summed E-state index contributed by atoms with van der Waals surface area (Å²) >= 11 is 0. The van der Waals surface area contributed by atoms with Crippen molar-refractivity contribution in [2.75, 3.05) is 0 Å². The Hall–Kier alpha value is -0.820. The quantitative estimate of drug-likeness (QED) is 0.818. The van der Waals surface area contributed by atoms with Gasteiger partial charge in [0.2, 0.25) is 0 Å². The predicted octanol–water partition coefficient (Wildman–Crippen LogP) is 3.82. The Kier molecular flexibility index (Phi) is 3.65. The molecule has 16 heavy (non-hydrogen) atoms. The highest BCUT2D eigenvalue weighted by Crippen LogP contribution is 2.39. The first-order valence-corrected chi connectivity index (χ1v) is 6.53. The van der Waals surface area contributed by atoms with E-state index in [0.717, 1.165) is 5.92 Å². The average molecular weight is 217 g/mol. The molecule has 2 rings (SSSR count). The third-order valence-electron chi connectivity index (χ3n) is 4.09. The average Bonchev–Trinajstić information content (AvgIpc) is 2.76. The van der Waals surface area contributed by atoms with Crippen LogP contribution in [0.1, 0.15) is 49.8 Å². The van der Waals surface area contributed by atoms with Gasteiger partial charge in [0, 0.05) is 6.04 Å². The maximum Gasteiger partial charge on any atom is 0.0323 e. The molecular weight excluding hydrogens is 194 g/mol. The van der Waals surface area contributed by atoms with Gasteiger partial charge < -0.3 is 5.73 Å². The summed E-state index contributed by atoms with van der Waals surface area (Å²) in [5.74, 6) is 1.62. The smallest absolute Gasteiger partial charge is 0.0323 e. The topological polar surface area (TPSA) is 26.0 Å². The lowest BCUT2D eigenvalue weighted by Gasteiger charge is -2.20. The van der Waals surface area contributed by atoms with Crippen LogP contribution in [0.4, 0.5) is 0 Å². The summed E-state index contributed by atoms with van der Waals surface area (Å²) in [4.78, 5) is 0. The molecule has 1 nitrogen and oxygen atoms in total. The van der Waals surface area contributed by atoms with Crippen LogP contribution in [0, 0.1) is 18.8 Å². The van der Waals surface area contributed by atoms with Crippen LogP contribution >= 0.6 is 0 Å². The number of rotatable bonds is 3. The molecule has 88 valence electrons. The Labute approximate surface area is 99.0 Å². The van der Waals surface area contributed by atoms with E-state index in [-0.39, 0.29) is 6.04 Å². The van der Waals surface area contributed by atoms with Crippen LogP contribution in [0.3, 0.4) is 0 Å². The molecule has 1 aromatic carbocycles. The molecule has 1 saturated carbocycles. The molecule has 0 heterocycles. The standard InChI is InChI=1S/C15H23N/c1-3-12-7-8-14(10-12)15(16)13-6-4-5-11(2)9-13/h4-6,9,12,14-15H,3,7-8,10,16H2,1-2H3. The Bertz CT molecular complexity index is 345. The number of hydrogen-bond donors (Lipinski definition) is 1. The lowest BCUT2D eigenvalue weighted by molar-refractivity contribution is 0.416. The monoisotopic (exact) mass is 217 g/mol. The second-order valence-electron chi connectivity index (χ2n) is 5.29. The summed E-state index contributed by atoms with van der Waals surface area (Å²) in [6, 6.07) is 8.92.